The number of nitrogens with one attached hydrogen (secondary N) is 1. The van der Waals surface area contributed by atoms with Crippen LogP contribution >= 0.6 is 11.8 Å². The Bertz CT molecular complexity index is 132. The Morgan fingerprint density at radius 3 is 2.58 bits per heavy atom. The third-order valence-corrected chi connectivity index (χ3v) is 3.64. The van der Waals surface area contributed by atoms with Crippen LogP contribution in [0.1, 0.15) is 19.8 Å². The molecule has 0 bridgehead atoms. The van der Waals surface area contributed by atoms with Gasteiger partial charge in [0.25, 0.3) is 0 Å². The van der Waals surface area contributed by atoms with Gasteiger partial charge in [-0.1, -0.05) is 0 Å². The van der Waals surface area contributed by atoms with E-state index in [4.69, 9.17) is 0 Å². The van der Waals surface area contributed by atoms with Crippen molar-refractivity contribution < 1.29 is 4.39 Å². The lowest BCUT2D eigenvalue weighted by molar-refractivity contribution is 0.0964. The monoisotopic (exact) mass is 191 g/mol. The van der Waals surface area contributed by atoms with E-state index in [-0.39, 0.29) is 5.92 Å². The Balaban J connectivity index is 2.41. The summed E-state index contributed by atoms with van der Waals surface area (Å²) in [6, 6.07) is 0. The molecule has 0 amide bonds. The van der Waals surface area contributed by atoms with Crippen molar-refractivity contribution in [1.29, 1.82) is 0 Å². The Kier molecular flexibility index (Phi) is 3.84. The highest BCUT2D eigenvalue weighted by molar-refractivity contribution is 7.99. The summed E-state index contributed by atoms with van der Waals surface area (Å²) >= 11 is 1.95. The molecule has 0 saturated carbocycles. The molecule has 1 rings (SSSR count). The van der Waals surface area contributed by atoms with E-state index in [1.165, 1.54) is 0 Å². The van der Waals surface area contributed by atoms with Crippen LogP contribution in [-0.2, 0) is 0 Å². The first-order chi connectivity index (χ1) is 5.67. The van der Waals surface area contributed by atoms with Gasteiger partial charge in [0.1, 0.15) is 5.67 Å². The Hall–Kier alpha value is 0.240. The van der Waals surface area contributed by atoms with Gasteiger partial charge in [-0.05, 0) is 44.2 Å². The summed E-state index contributed by atoms with van der Waals surface area (Å²) in [6.07, 6.45) is 2.08. The maximum atomic E-state index is 13.9. The van der Waals surface area contributed by atoms with E-state index < -0.39 is 5.67 Å². The van der Waals surface area contributed by atoms with E-state index in [9.17, 15) is 4.39 Å². The van der Waals surface area contributed by atoms with E-state index >= 15 is 0 Å². The van der Waals surface area contributed by atoms with E-state index in [0.717, 1.165) is 24.3 Å². The molecule has 1 aliphatic rings. The van der Waals surface area contributed by atoms with Gasteiger partial charge in [0, 0.05) is 6.54 Å². The minimum Gasteiger partial charge on any atom is -0.317 e. The van der Waals surface area contributed by atoms with Crippen LogP contribution in [0.4, 0.5) is 4.39 Å². The molecule has 0 radical (unpaired) electrons. The van der Waals surface area contributed by atoms with E-state index in [1.54, 1.807) is 6.92 Å². The van der Waals surface area contributed by atoms with E-state index in [1.807, 2.05) is 18.8 Å². The second-order valence-corrected chi connectivity index (χ2v) is 4.92. The lowest BCUT2D eigenvalue weighted by Gasteiger charge is -2.32. The molecule has 1 N–H and O–H groups in total. The van der Waals surface area contributed by atoms with Crippen LogP contribution in [0.5, 0.6) is 0 Å². The van der Waals surface area contributed by atoms with Crippen molar-refractivity contribution in [2.24, 2.45) is 5.92 Å². The minimum absolute atomic E-state index is 0.270. The average molecular weight is 191 g/mol. The Morgan fingerprint density at radius 1 is 1.50 bits per heavy atom. The highest BCUT2D eigenvalue weighted by atomic mass is 32.2. The fourth-order valence-corrected chi connectivity index (χ4v) is 2.90. The van der Waals surface area contributed by atoms with Gasteiger partial charge < -0.3 is 5.32 Å². The fraction of sp³-hybridized carbons (Fsp3) is 1.00. The predicted molar refractivity (Wildman–Crippen MR) is 53.5 cm³/mol. The van der Waals surface area contributed by atoms with E-state index in [0.29, 0.717) is 6.54 Å². The SMILES string of the molecule is CNCC(C)(F)C1CCSCC1. The lowest BCUT2D eigenvalue weighted by atomic mass is 9.86. The van der Waals surface area contributed by atoms with Crippen LogP contribution in [0, 0.1) is 5.92 Å². The zero-order valence-corrected chi connectivity index (χ0v) is 8.72. The maximum Gasteiger partial charge on any atom is 0.123 e. The Labute approximate surface area is 78.5 Å². The van der Waals surface area contributed by atoms with Crippen LogP contribution in [0.15, 0.2) is 0 Å². The van der Waals surface area contributed by atoms with Crippen LogP contribution in [0.2, 0.25) is 0 Å². The predicted octanol–water partition coefficient (Wildman–Crippen LogP) is 2.08. The molecule has 1 nitrogen and oxygen atoms in total. The number of alkyl halides is 1. The summed E-state index contributed by atoms with van der Waals surface area (Å²) in [7, 11) is 1.81. The van der Waals surface area contributed by atoms with Gasteiger partial charge in [0.05, 0.1) is 0 Å². The lowest BCUT2D eigenvalue weighted by Crippen LogP contribution is -2.40. The van der Waals surface area contributed by atoms with Gasteiger partial charge in [-0.3, -0.25) is 0 Å². The van der Waals surface area contributed by atoms with Gasteiger partial charge in [-0.15, -0.1) is 0 Å². The van der Waals surface area contributed by atoms with Crippen molar-refractivity contribution in [1.82, 2.24) is 5.32 Å². The normalized spacial score (nSPS) is 25.2. The number of hydrogen-bond donors (Lipinski definition) is 1. The molecule has 0 aromatic carbocycles. The molecular weight excluding hydrogens is 173 g/mol. The van der Waals surface area contributed by atoms with Gasteiger partial charge in [0.15, 0.2) is 0 Å². The van der Waals surface area contributed by atoms with Crippen molar-refractivity contribution >= 4 is 11.8 Å². The maximum absolute atomic E-state index is 13.9. The largest absolute Gasteiger partial charge is 0.317 e. The fourth-order valence-electron chi connectivity index (χ4n) is 1.79. The van der Waals surface area contributed by atoms with Gasteiger partial charge >= 0.3 is 0 Å². The molecule has 12 heavy (non-hydrogen) atoms. The molecule has 1 atom stereocenters. The van der Waals surface area contributed by atoms with Crippen molar-refractivity contribution in [3.8, 4) is 0 Å². The molecular formula is C9H18FNS. The van der Waals surface area contributed by atoms with Crippen molar-refractivity contribution in [3.05, 3.63) is 0 Å². The molecule has 0 aromatic heterocycles. The Morgan fingerprint density at radius 2 is 2.08 bits per heavy atom. The quantitative estimate of drug-likeness (QED) is 0.733. The molecule has 72 valence electrons. The zero-order chi connectivity index (χ0) is 9.03. The molecule has 1 saturated heterocycles. The van der Waals surface area contributed by atoms with Crippen LogP contribution in [0.25, 0.3) is 0 Å². The number of hydrogen-bond acceptors (Lipinski definition) is 2. The third-order valence-electron chi connectivity index (χ3n) is 2.59. The van der Waals surface area contributed by atoms with Crippen LogP contribution in [0.3, 0.4) is 0 Å². The molecule has 0 aromatic rings. The second kappa shape index (κ2) is 4.47. The topological polar surface area (TPSA) is 12.0 Å². The first-order valence-corrected chi connectivity index (χ1v) is 5.73. The molecule has 1 aliphatic heterocycles. The van der Waals surface area contributed by atoms with Crippen molar-refractivity contribution in [2.75, 3.05) is 25.1 Å². The molecule has 1 fully saturated rings. The standard InChI is InChI=1S/C9H18FNS/c1-9(10,7-11-2)8-3-5-12-6-4-8/h8,11H,3-7H2,1-2H3. The smallest absolute Gasteiger partial charge is 0.123 e. The second-order valence-electron chi connectivity index (χ2n) is 3.70. The molecule has 0 spiro atoms. The summed E-state index contributed by atoms with van der Waals surface area (Å²) in [6.45, 7) is 2.21. The van der Waals surface area contributed by atoms with Crippen molar-refractivity contribution in [2.45, 2.75) is 25.4 Å². The molecule has 1 heterocycles. The minimum atomic E-state index is -1.00. The summed E-state index contributed by atoms with van der Waals surface area (Å²) < 4.78 is 13.9. The van der Waals surface area contributed by atoms with Gasteiger partial charge in [0.2, 0.25) is 0 Å². The average Bonchev–Trinajstić information content (AvgIpc) is 2.06. The number of rotatable bonds is 3. The van der Waals surface area contributed by atoms with Crippen molar-refractivity contribution in [3.63, 3.8) is 0 Å². The molecule has 1 unspecified atom stereocenters. The van der Waals surface area contributed by atoms with Crippen LogP contribution in [-0.4, -0.2) is 30.8 Å². The highest BCUT2D eigenvalue weighted by Gasteiger charge is 2.34. The van der Waals surface area contributed by atoms with E-state index in [2.05, 4.69) is 5.32 Å². The molecule has 3 heteroatoms. The summed E-state index contributed by atoms with van der Waals surface area (Å²) in [5.74, 6) is 2.54. The number of halogens is 1. The first-order valence-electron chi connectivity index (χ1n) is 4.58. The third kappa shape index (κ3) is 2.63. The van der Waals surface area contributed by atoms with Crippen LogP contribution < -0.4 is 5.32 Å². The summed E-state index contributed by atoms with van der Waals surface area (Å²) in [4.78, 5) is 0. The number of thioether (sulfide) groups is 1. The summed E-state index contributed by atoms with van der Waals surface area (Å²) in [5.41, 5.74) is -1.00. The molecule has 0 aliphatic carbocycles. The first kappa shape index (κ1) is 10.3. The van der Waals surface area contributed by atoms with Gasteiger partial charge in [-0.25, -0.2) is 4.39 Å². The highest BCUT2D eigenvalue weighted by Crippen LogP contribution is 2.33. The van der Waals surface area contributed by atoms with Gasteiger partial charge in [-0.2, -0.15) is 11.8 Å². The zero-order valence-electron chi connectivity index (χ0n) is 7.90. The summed E-state index contributed by atoms with van der Waals surface area (Å²) in [5, 5.41) is 2.92.